The number of hydrogen-bond acceptors (Lipinski definition) is 5. The van der Waals surface area contributed by atoms with Crippen LogP contribution in [0.3, 0.4) is 0 Å². The number of furan rings is 2. The predicted octanol–water partition coefficient (Wildman–Crippen LogP) is 2.81. The Bertz CT molecular complexity index is 703. The number of carbonyl (C=O) groups excluding carboxylic acids is 1. The molecule has 120 valence electrons. The number of carbonyl (C=O) groups is 2. The van der Waals surface area contributed by atoms with Gasteiger partial charge in [-0.1, -0.05) is 0 Å². The van der Waals surface area contributed by atoms with Gasteiger partial charge in [-0.3, -0.25) is 9.59 Å². The minimum Gasteiger partial charge on any atom is -0.481 e. The highest BCUT2D eigenvalue weighted by Gasteiger charge is 2.35. The third-order valence-corrected chi connectivity index (χ3v) is 3.62. The maximum atomic E-state index is 12.4. The first-order chi connectivity index (χ1) is 11.1. The standard InChI is InChI=1S/C16H16N2O5/c19-15(6-1-7-16(20)21)18-12(14-5-3-9-23-14)10-11(17-18)13-4-2-8-22-13/h2-5,8-9,12H,1,6-7,10H2,(H,20,21)/t12-/m1/s1. The van der Waals surface area contributed by atoms with Crippen molar-refractivity contribution in [3.63, 3.8) is 0 Å². The van der Waals surface area contributed by atoms with Crippen molar-refractivity contribution in [2.45, 2.75) is 31.7 Å². The molecular weight excluding hydrogens is 300 g/mol. The molecule has 0 unspecified atom stereocenters. The molecule has 0 fully saturated rings. The Hall–Kier alpha value is -2.83. The highest BCUT2D eigenvalue weighted by atomic mass is 16.4. The fraction of sp³-hybridized carbons (Fsp3) is 0.312. The minimum absolute atomic E-state index is 0.0419. The van der Waals surface area contributed by atoms with Crippen molar-refractivity contribution >= 4 is 17.6 Å². The molecular formula is C16H16N2O5. The first kappa shape index (κ1) is 15.1. The zero-order chi connectivity index (χ0) is 16.2. The van der Waals surface area contributed by atoms with Gasteiger partial charge in [0.2, 0.25) is 5.91 Å². The van der Waals surface area contributed by atoms with Gasteiger partial charge in [0.1, 0.15) is 23.3 Å². The van der Waals surface area contributed by atoms with E-state index in [0.717, 1.165) is 0 Å². The van der Waals surface area contributed by atoms with E-state index in [1.165, 1.54) is 5.01 Å². The molecule has 0 bridgehead atoms. The summed E-state index contributed by atoms with van der Waals surface area (Å²) in [6.07, 6.45) is 3.95. The molecule has 0 saturated heterocycles. The largest absolute Gasteiger partial charge is 0.481 e. The molecule has 2 aromatic heterocycles. The summed E-state index contributed by atoms with van der Waals surface area (Å²) in [7, 11) is 0. The lowest BCUT2D eigenvalue weighted by Gasteiger charge is -2.19. The number of nitrogens with zero attached hydrogens (tertiary/aromatic N) is 2. The number of hydrazone groups is 1. The molecule has 0 aliphatic carbocycles. The zero-order valence-electron chi connectivity index (χ0n) is 12.3. The van der Waals surface area contributed by atoms with Gasteiger partial charge in [0, 0.05) is 19.3 Å². The van der Waals surface area contributed by atoms with Crippen LogP contribution in [-0.2, 0) is 9.59 Å². The van der Waals surface area contributed by atoms with Crippen LogP contribution in [0.5, 0.6) is 0 Å². The third-order valence-electron chi connectivity index (χ3n) is 3.62. The van der Waals surface area contributed by atoms with Crippen LogP contribution in [-0.4, -0.2) is 27.7 Å². The number of carboxylic acid groups (broad SMARTS) is 1. The summed E-state index contributed by atoms with van der Waals surface area (Å²) in [5, 5.41) is 14.4. The predicted molar refractivity (Wildman–Crippen MR) is 79.6 cm³/mol. The number of amides is 1. The first-order valence-corrected chi connectivity index (χ1v) is 7.34. The maximum Gasteiger partial charge on any atom is 0.303 e. The van der Waals surface area contributed by atoms with E-state index in [1.54, 1.807) is 36.8 Å². The Balaban J connectivity index is 1.77. The summed E-state index contributed by atoms with van der Waals surface area (Å²) in [6.45, 7) is 0. The molecule has 0 spiro atoms. The summed E-state index contributed by atoms with van der Waals surface area (Å²) in [6, 6.07) is 6.77. The zero-order valence-corrected chi connectivity index (χ0v) is 12.3. The summed E-state index contributed by atoms with van der Waals surface area (Å²) in [5.41, 5.74) is 0.669. The summed E-state index contributed by atoms with van der Waals surface area (Å²) < 4.78 is 10.8. The molecule has 2 aromatic rings. The van der Waals surface area contributed by atoms with E-state index in [4.69, 9.17) is 13.9 Å². The third kappa shape index (κ3) is 3.33. The molecule has 1 amide bonds. The summed E-state index contributed by atoms with van der Waals surface area (Å²) >= 11 is 0. The van der Waals surface area contributed by atoms with Gasteiger partial charge in [0.25, 0.3) is 0 Å². The van der Waals surface area contributed by atoms with Gasteiger partial charge in [-0.15, -0.1) is 0 Å². The second-order valence-corrected chi connectivity index (χ2v) is 5.24. The van der Waals surface area contributed by atoms with Crippen LogP contribution in [0, 0.1) is 0 Å². The van der Waals surface area contributed by atoms with Crippen LogP contribution in [0.4, 0.5) is 0 Å². The molecule has 7 nitrogen and oxygen atoms in total. The average Bonchev–Trinajstić information content (AvgIpc) is 3.26. The van der Waals surface area contributed by atoms with E-state index in [2.05, 4.69) is 5.10 Å². The van der Waals surface area contributed by atoms with E-state index in [1.807, 2.05) is 0 Å². The van der Waals surface area contributed by atoms with E-state index >= 15 is 0 Å². The van der Waals surface area contributed by atoms with Crippen LogP contribution in [0.15, 0.2) is 50.7 Å². The van der Waals surface area contributed by atoms with Gasteiger partial charge >= 0.3 is 5.97 Å². The quantitative estimate of drug-likeness (QED) is 0.884. The van der Waals surface area contributed by atoms with Crippen LogP contribution in [0.2, 0.25) is 0 Å². The van der Waals surface area contributed by atoms with Crippen molar-refractivity contribution in [3.8, 4) is 0 Å². The van der Waals surface area contributed by atoms with Crippen molar-refractivity contribution in [1.82, 2.24) is 5.01 Å². The number of rotatable bonds is 6. The number of carboxylic acids is 1. The fourth-order valence-electron chi connectivity index (χ4n) is 2.54. The Morgan fingerprint density at radius 2 is 2.00 bits per heavy atom. The SMILES string of the molecule is O=C(O)CCCC(=O)N1N=C(c2ccco2)C[C@@H]1c1ccco1. The lowest BCUT2D eigenvalue weighted by Crippen LogP contribution is -2.26. The normalized spacial score (nSPS) is 17.3. The highest BCUT2D eigenvalue weighted by Crippen LogP contribution is 2.33. The molecule has 1 aliphatic rings. The topological polar surface area (TPSA) is 96.2 Å². The molecule has 0 radical (unpaired) electrons. The maximum absolute atomic E-state index is 12.4. The van der Waals surface area contributed by atoms with Gasteiger partial charge in [0.05, 0.1) is 12.5 Å². The van der Waals surface area contributed by atoms with Gasteiger partial charge in [-0.25, -0.2) is 5.01 Å². The molecule has 7 heteroatoms. The van der Waals surface area contributed by atoms with E-state index in [9.17, 15) is 9.59 Å². The van der Waals surface area contributed by atoms with Crippen molar-refractivity contribution in [3.05, 3.63) is 48.3 Å². The Morgan fingerprint density at radius 3 is 2.65 bits per heavy atom. The second kappa shape index (κ2) is 6.51. The Kier molecular flexibility index (Phi) is 4.27. The molecule has 3 rings (SSSR count). The molecule has 1 N–H and O–H groups in total. The number of aliphatic carboxylic acids is 1. The molecule has 0 saturated carbocycles. The van der Waals surface area contributed by atoms with Gasteiger partial charge in [0.15, 0.2) is 0 Å². The monoisotopic (exact) mass is 316 g/mol. The minimum atomic E-state index is -0.915. The molecule has 0 aromatic carbocycles. The smallest absolute Gasteiger partial charge is 0.303 e. The molecule has 1 aliphatic heterocycles. The van der Waals surface area contributed by atoms with Gasteiger partial charge in [-0.05, 0) is 30.7 Å². The van der Waals surface area contributed by atoms with E-state index in [0.29, 0.717) is 23.7 Å². The van der Waals surface area contributed by atoms with Crippen molar-refractivity contribution < 1.29 is 23.5 Å². The van der Waals surface area contributed by atoms with Crippen molar-refractivity contribution in [1.29, 1.82) is 0 Å². The van der Waals surface area contributed by atoms with Gasteiger partial charge < -0.3 is 13.9 Å². The van der Waals surface area contributed by atoms with Gasteiger partial charge in [-0.2, -0.15) is 5.10 Å². The second-order valence-electron chi connectivity index (χ2n) is 5.24. The molecule has 1 atom stereocenters. The summed E-state index contributed by atoms with van der Waals surface area (Å²) in [4.78, 5) is 23.0. The van der Waals surface area contributed by atoms with E-state index < -0.39 is 5.97 Å². The van der Waals surface area contributed by atoms with Crippen LogP contribution >= 0.6 is 0 Å². The Labute approximate surface area is 132 Å². The fourth-order valence-corrected chi connectivity index (χ4v) is 2.54. The summed E-state index contributed by atoms with van der Waals surface area (Å²) in [5.74, 6) is 0.111. The lowest BCUT2D eigenvalue weighted by atomic mass is 10.1. The lowest BCUT2D eigenvalue weighted by molar-refractivity contribution is -0.137. The average molecular weight is 316 g/mol. The van der Waals surface area contributed by atoms with E-state index in [-0.39, 0.29) is 31.2 Å². The van der Waals surface area contributed by atoms with Crippen molar-refractivity contribution in [2.75, 3.05) is 0 Å². The van der Waals surface area contributed by atoms with Crippen LogP contribution in [0.1, 0.15) is 43.2 Å². The highest BCUT2D eigenvalue weighted by molar-refractivity contribution is 6.01. The number of hydrogen-bond donors (Lipinski definition) is 1. The van der Waals surface area contributed by atoms with Crippen molar-refractivity contribution in [2.24, 2.45) is 5.10 Å². The molecule has 23 heavy (non-hydrogen) atoms. The van der Waals surface area contributed by atoms with Crippen LogP contribution in [0.25, 0.3) is 0 Å². The Morgan fingerprint density at radius 1 is 1.22 bits per heavy atom. The first-order valence-electron chi connectivity index (χ1n) is 7.34. The van der Waals surface area contributed by atoms with Crippen LogP contribution < -0.4 is 0 Å². The molecule has 3 heterocycles.